The van der Waals surface area contributed by atoms with Crippen LogP contribution >= 0.6 is 11.8 Å². The summed E-state index contributed by atoms with van der Waals surface area (Å²) in [5.41, 5.74) is 0.820. The number of aliphatic hydroxyl groups is 1. The second-order valence-corrected chi connectivity index (χ2v) is 10.5. The summed E-state index contributed by atoms with van der Waals surface area (Å²) in [5, 5.41) is 21.1. The minimum atomic E-state index is -1.01. The van der Waals surface area contributed by atoms with Gasteiger partial charge in [-0.2, -0.15) is 0 Å². The van der Waals surface area contributed by atoms with E-state index in [0.29, 0.717) is 29.5 Å². The van der Waals surface area contributed by atoms with Crippen LogP contribution < -0.4 is 4.74 Å². The molecule has 192 valence electrons. The molecule has 0 amide bonds. The maximum atomic E-state index is 14.8. The fourth-order valence-electron chi connectivity index (χ4n) is 5.15. The first kappa shape index (κ1) is 26.4. The number of carboxylic acids is 1. The van der Waals surface area contributed by atoms with Gasteiger partial charge in [0.2, 0.25) is 0 Å². The number of halogens is 1. The van der Waals surface area contributed by atoms with Crippen LogP contribution in [0.5, 0.6) is 5.75 Å². The second-order valence-electron chi connectivity index (χ2n) is 9.36. The number of rotatable bonds is 11. The van der Waals surface area contributed by atoms with Crippen LogP contribution in [0.15, 0.2) is 59.6 Å². The van der Waals surface area contributed by atoms with Crippen LogP contribution in [0.3, 0.4) is 0 Å². The van der Waals surface area contributed by atoms with Gasteiger partial charge in [-0.1, -0.05) is 18.2 Å². The van der Waals surface area contributed by atoms with Gasteiger partial charge < -0.3 is 19.8 Å². The van der Waals surface area contributed by atoms with Gasteiger partial charge in [0.25, 0.3) is 0 Å². The third kappa shape index (κ3) is 6.75. The third-order valence-electron chi connectivity index (χ3n) is 7.04. The van der Waals surface area contributed by atoms with Crippen LogP contribution in [0.25, 0.3) is 10.9 Å². The summed E-state index contributed by atoms with van der Waals surface area (Å²) in [5.74, 6) is 0.345. The minimum Gasteiger partial charge on any atom is -0.497 e. The lowest BCUT2D eigenvalue weighted by Crippen LogP contribution is -2.42. The molecule has 3 aromatic rings. The van der Waals surface area contributed by atoms with Crippen LogP contribution in [-0.4, -0.2) is 58.6 Å². The van der Waals surface area contributed by atoms with Crippen LogP contribution in [-0.2, 0) is 4.79 Å². The molecule has 8 heteroatoms. The smallest absolute Gasteiger partial charge is 0.303 e. The summed E-state index contributed by atoms with van der Waals surface area (Å²) in [6.45, 7) is 2.53. The molecule has 3 atom stereocenters. The Morgan fingerprint density at radius 1 is 1.25 bits per heavy atom. The maximum absolute atomic E-state index is 14.8. The van der Waals surface area contributed by atoms with Crippen molar-refractivity contribution in [2.24, 2.45) is 11.8 Å². The van der Waals surface area contributed by atoms with Crippen molar-refractivity contribution in [1.29, 1.82) is 0 Å². The van der Waals surface area contributed by atoms with E-state index in [0.717, 1.165) is 38.0 Å². The highest BCUT2D eigenvalue weighted by Gasteiger charge is 2.31. The number of likely N-dealkylation sites (tertiary alicyclic amines) is 1. The lowest BCUT2D eigenvalue weighted by molar-refractivity contribution is -0.139. The molecular formula is C28H33FN2O4S. The highest BCUT2D eigenvalue weighted by Crippen LogP contribution is 2.36. The summed E-state index contributed by atoms with van der Waals surface area (Å²) in [6.07, 6.45) is 2.11. The zero-order valence-electron chi connectivity index (χ0n) is 20.5. The molecule has 36 heavy (non-hydrogen) atoms. The number of ether oxygens (including phenoxy) is 1. The Morgan fingerprint density at radius 3 is 2.81 bits per heavy atom. The molecule has 1 aliphatic heterocycles. The predicted octanol–water partition coefficient (Wildman–Crippen LogP) is 5.40. The fourth-order valence-corrected chi connectivity index (χ4v) is 6.09. The largest absolute Gasteiger partial charge is 0.497 e. The van der Waals surface area contributed by atoms with Crippen LogP contribution in [0.2, 0.25) is 0 Å². The van der Waals surface area contributed by atoms with E-state index in [-0.39, 0.29) is 23.8 Å². The van der Waals surface area contributed by atoms with Gasteiger partial charge in [0.15, 0.2) is 0 Å². The van der Waals surface area contributed by atoms with Crippen molar-refractivity contribution in [2.75, 3.05) is 32.5 Å². The van der Waals surface area contributed by atoms with Gasteiger partial charge in [-0.25, -0.2) is 4.39 Å². The van der Waals surface area contributed by atoms with Crippen molar-refractivity contribution < 1.29 is 24.1 Å². The topological polar surface area (TPSA) is 82.9 Å². The first-order chi connectivity index (χ1) is 17.4. The van der Waals surface area contributed by atoms with Crippen LogP contribution in [0.4, 0.5) is 4.39 Å². The molecule has 0 aliphatic carbocycles. The monoisotopic (exact) mass is 512 g/mol. The molecule has 1 aromatic heterocycles. The van der Waals surface area contributed by atoms with Crippen molar-refractivity contribution in [1.82, 2.24) is 9.88 Å². The number of carbonyl (C=O) groups is 1. The first-order valence-electron chi connectivity index (χ1n) is 12.4. The number of aliphatic hydroxyl groups excluding tert-OH is 1. The summed E-state index contributed by atoms with van der Waals surface area (Å²) in [4.78, 5) is 19.3. The van der Waals surface area contributed by atoms with Crippen molar-refractivity contribution in [2.45, 2.75) is 36.7 Å². The molecule has 0 radical (unpaired) electrons. The van der Waals surface area contributed by atoms with E-state index in [1.165, 1.54) is 4.90 Å². The Hall–Kier alpha value is -2.68. The van der Waals surface area contributed by atoms with Crippen LogP contribution in [0, 0.1) is 17.7 Å². The van der Waals surface area contributed by atoms with Gasteiger partial charge in [0.05, 0.1) is 24.9 Å². The second kappa shape index (κ2) is 12.5. The Labute approximate surface area is 215 Å². The number of hydrogen-bond acceptors (Lipinski definition) is 6. The van der Waals surface area contributed by atoms with E-state index < -0.39 is 17.9 Å². The van der Waals surface area contributed by atoms with E-state index in [9.17, 15) is 19.4 Å². The molecule has 2 N–H and O–H groups in total. The average molecular weight is 513 g/mol. The number of thioether (sulfide) groups is 1. The zero-order chi connectivity index (χ0) is 25.5. The Kier molecular flexibility index (Phi) is 9.18. The molecule has 0 bridgehead atoms. The molecule has 6 nitrogen and oxygen atoms in total. The molecular weight excluding hydrogens is 479 g/mol. The van der Waals surface area contributed by atoms with Crippen molar-refractivity contribution in [3.63, 3.8) is 0 Å². The van der Waals surface area contributed by atoms with Gasteiger partial charge in [-0.3, -0.25) is 9.78 Å². The molecule has 1 saturated heterocycles. The van der Waals surface area contributed by atoms with E-state index in [4.69, 9.17) is 4.74 Å². The van der Waals surface area contributed by atoms with Crippen molar-refractivity contribution >= 4 is 28.6 Å². The third-order valence-corrected chi connectivity index (χ3v) is 8.04. The van der Waals surface area contributed by atoms with E-state index >= 15 is 0 Å². The highest BCUT2D eigenvalue weighted by molar-refractivity contribution is 7.99. The van der Waals surface area contributed by atoms with Crippen molar-refractivity contribution in [3.05, 3.63) is 66.1 Å². The lowest BCUT2D eigenvalue weighted by atomic mass is 9.79. The van der Waals surface area contributed by atoms with Gasteiger partial charge in [-0.15, -0.1) is 11.8 Å². The van der Waals surface area contributed by atoms with Crippen molar-refractivity contribution in [3.8, 4) is 5.75 Å². The molecule has 2 heterocycles. The number of hydrogen-bond donors (Lipinski definition) is 2. The molecule has 0 saturated carbocycles. The number of carboxylic acid groups (broad SMARTS) is 1. The number of pyridine rings is 1. The average Bonchev–Trinajstić information content (AvgIpc) is 2.88. The number of aliphatic carboxylic acids is 1. The Balaban J connectivity index is 1.38. The SMILES string of the molecule is COc1ccc2ncc(F)c(C(O)CCC3CCN(CCSc4ccccc4)CC3CC(=O)O)c2c1. The highest BCUT2D eigenvalue weighted by atomic mass is 32.2. The number of methoxy groups -OCH3 is 1. The molecule has 3 unspecified atom stereocenters. The summed E-state index contributed by atoms with van der Waals surface area (Å²) >= 11 is 1.81. The quantitative estimate of drug-likeness (QED) is 0.333. The Bertz CT molecular complexity index is 1160. The van der Waals surface area contributed by atoms with Crippen LogP contribution in [0.1, 0.15) is 37.4 Å². The number of fused-ring (bicyclic) bond motifs is 1. The van der Waals surface area contributed by atoms with Gasteiger partial charge in [-0.05, 0) is 68.0 Å². The summed E-state index contributed by atoms with van der Waals surface area (Å²) in [7, 11) is 1.54. The van der Waals surface area contributed by atoms with Gasteiger partial charge in [0.1, 0.15) is 11.6 Å². The van der Waals surface area contributed by atoms with Gasteiger partial charge in [0, 0.05) is 41.1 Å². The first-order valence-corrected chi connectivity index (χ1v) is 13.4. The van der Waals surface area contributed by atoms with E-state index in [2.05, 4.69) is 22.0 Å². The molecule has 4 rings (SSSR count). The predicted molar refractivity (Wildman–Crippen MR) is 140 cm³/mol. The lowest BCUT2D eigenvalue weighted by Gasteiger charge is -2.38. The minimum absolute atomic E-state index is 0.00398. The molecule has 1 fully saturated rings. The molecule has 1 aliphatic rings. The van der Waals surface area contributed by atoms with E-state index in [1.807, 2.05) is 18.2 Å². The summed E-state index contributed by atoms with van der Waals surface area (Å²) < 4.78 is 20.0. The number of benzene rings is 2. The summed E-state index contributed by atoms with van der Waals surface area (Å²) in [6, 6.07) is 15.5. The normalized spacial score (nSPS) is 19.3. The number of piperidine rings is 1. The maximum Gasteiger partial charge on any atom is 0.303 e. The number of aromatic nitrogens is 1. The number of nitrogens with zero attached hydrogens (tertiary/aromatic N) is 2. The van der Waals surface area contributed by atoms with E-state index in [1.54, 1.807) is 37.1 Å². The standard InChI is InChI=1S/C28H33FN2O4S/c1-35-21-8-9-25-23(16-21)28(24(29)17-30-25)26(32)10-7-19-11-12-31(18-20(19)15-27(33)34)13-14-36-22-5-3-2-4-6-22/h2-6,8-9,16-17,19-20,26,32H,7,10-15,18H2,1H3,(H,33,34). The molecule has 0 spiro atoms. The zero-order valence-corrected chi connectivity index (χ0v) is 21.3. The Morgan fingerprint density at radius 2 is 2.06 bits per heavy atom. The van der Waals surface area contributed by atoms with Gasteiger partial charge >= 0.3 is 5.97 Å². The molecule has 2 aromatic carbocycles. The fraction of sp³-hybridized carbons (Fsp3) is 0.429.